The Hall–Kier alpha value is -3.18. The number of benzene rings is 1. The predicted molar refractivity (Wildman–Crippen MR) is 125 cm³/mol. The molecule has 0 fully saturated rings. The van der Waals surface area contributed by atoms with Crippen molar-refractivity contribution in [3.8, 4) is 0 Å². The fourth-order valence-electron chi connectivity index (χ4n) is 3.25. The lowest BCUT2D eigenvalue weighted by atomic mass is 10.2. The third-order valence-electron chi connectivity index (χ3n) is 4.64. The number of aryl methyl sites for hydroxylation is 1. The molecule has 3 aromatic heterocycles. The topological polar surface area (TPSA) is 108 Å². The van der Waals surface area contributed by atoms with Crippen molar-refractivity contribution in [2.45, 2.75) is 32.0 Å². The molecule has 1 amide bonds. The highest BCUT2D eigenvalue weighted by Crippen LogP contribution is 2.24. The van der Waals surface area contributed by atoms with Crippen molar-refractivity contribution in [1.29, 1.82) is 0 Å². The molecule has 0 bridgehead atoms. The van der Waals surface area contributed by atoms with E-state index in [1.54, 1.807) is 35.8 Å². The van der Waals surface area contributed by atoms with Gasteiger partial charge in [-0.3, -0.25) is 18.6 Å². The van der Waals surface area contributed by atoms with Gasteiger partial charge in [-0.2, -0.15) is 0 Å². The monoisotopic (exact) mass is 471 g/mol. The van der Waals surface area contributed by atoms with Crippen LogP contribution in [0.1, 0.15) is 30.6 Å². The van der Waals surface area contributed by atoms with Crippen LogP contribution in [0.15, 0.2) is 45.7 Å². The molecule has 11 heteroatoms. The molecule has 0 aliphatic heterocycles. The molecule has 1 N–H and O–H groups in total. The van der Waals surface area contributed by atoms with Crippen molar-refractivity contribution in [3.63, 3.8) is 0 Å². The number of nitrogens with one attached hydrogen (secondary N) is 1. The first kappa shape index (κ1) is 22.0. The third kappa shape index (κ3) is 4.26. The van der Waals surface area contributed by atoms with Gasteiger partial charge in [0.25, 0.3) is 5.56 Å². The minimum atomic E-state index is -0.402. The van der Waals surface area contributed by atoms with Crippen LogP contribution in [0, 0.1) is 0 Å². The van der Waals surface area contributed by atoms with E-state index < -0.39 is 5.97 Å². The molecule has 0 spiro atoms. The molecule has 0 radical (unpaired) electrons. The second kappa shape index (κ2) is 9.53. The number of esters is 1. The van der Waals surface area contributed by atoms with Crippen molar-refractivity contribution in [3.05, 3.63) is 51.6 Å². The summed E-state index contributed by atoms with van der Waals surface area (Å²) < 4.78 is 9.05. The average Bonchev–Trinajstić information content (AvgIpc) is 3.43. The third-order valence-corrected chi connectivity index (χ3v) is 6.46. The number of amides is 1. The summed E-state index contributed by atoms with van der Waals surface area (Å²) in [6, 6.07) is 8.38. The van der Waals surface area contributed by atoms with E-state index in [1.165, 1.54) is 23.1 Å². The van der Waals surface area contributed by atoms with Gasteiger partial charge in [-0.25, -0.2) is 4.79 Å². The molecular weight excluding hydrogens is 450 g/mol. The Bertz CT molecular complexity index is 1340. The molecular formula is C21H21N5O4S2. The van der Waals surface area contributed by atoms with Gasteiger partial charge in [0.2, 0.25) is 11.7 Å². The Morgan fingerprint density at radius 1 is 1.16 bits per heavy atom. The number of thiophene rings is 1. The lowest BCUT2D eigenvalue weighted by molar-refractivity contribution is -0.113. The van der Waals surface area contributed by atoms with Gasteiger partial charge >= 0.3 is 5.97 Å². The van der Waals surface area contributed by atoms with Gasteiger partial charge in [0.15, 0.2) is 5.16 Å². The maximum Gasteiger partial charge on any atom is 0.338 e. The Labute approximate surface area is 191 Å². The fraction of sp³-hybridized carbons (Fsp3) is 0.286. The molecule has 166 valence electrons. The lowest BCUT2D eigenvalue weighted by Crippen LogP contribution is -2.22. The van der Waals surface area contributed by atoms with E-state index in [1.807, 2.05) is 22.8 Å². The number of rotatable bonds is 8. The van der Waals surface area contributed by atoms with Crippen LogP contribution in [0.3, 0.4) is 0 Å². The normalized spacial score (nSPS) is 11.2. The van der Waals surface area contributed by atoms with Gasteiger partial charge in [0.1, 0.15) is 4.70 Å². The summed E-state index contributed by atoms with van der Waals surface area (Å²) in [5.74, 6) is -0.0425. The van der Waals surface area contributed by atoms with Crippen molar-refractivity contribution in [2.75, 3.05) is 17.7 Å². The number of nitrogens with zero attached hydrogens (tertiary/aromatic N) is 4. The standard InChI is InChI=1S/C21H21N5O4S2/c1-3-10-25-18(28)17-15(9-11-31-17)26-20(25)23-24-21(26)32-12-16(27)22-14-7-5-13(6-8-14)19(29)30-4-2/h5-9,11H,3-4,10,12H2,1-2H3,(H,22,27). The van der Waals surface area contributed by atoms with Crippen molar-refractivity contribution in [1.82, 2.24) is 19.2 Å². The van der Waals surface area contributed by atoms with Gasteiger partial charge in [0, 0.05) is 12.2 Å². The van der Waals surface area contributed by atoms with E-state index in [9.17, 15) is 14.4 Å². The molecule has 0 saturated carbocycles. The maximum absolute atomic E-state index is 12.8. The largest absolute Gasteiger partial charge is 0.462 e. The smallest absolute Gasteiger partial charge is 0.338 e. The SMILES string of the molecule is CCCn1c(=O)c2sccc2n2c(SCC(=O)Nc3ccc(C(=O)OCC)cc3)nnc12. The highest BCUT2D eigenvalue weighted by atomic mass is 32.2. The second-order valence-corrected chi connectivity index (χ2v) is 8.70. The zero-order valence-corrected chi connectivity index (χ0v) is 19.2. The van der Waals surface area contributed by atoms with Crippen LogP contribution in [0.4, 0.5) is 5.69 Å². The van der Waals surface area contributed by atoms with Crippen LogP contribution in [0.25, 0.3) is 16.0 Å². The van der Waals surface area contributed by atoms with Crippen LogP contribution >= 0.6 is 23.1 Å². The molecule has 1 aromatic carbocycles. The van der Waals surface area contributed by atoms with Gasteiger partial charge in [-0.15, -0.1) is 21.5 Å². The van der Waals surface area contributed by atoms with Crippen LogP contribution in [0.2, 0.25) is 0 Å². The van der Waals surface area contributed by atoms with Crippen molar-refractivity contribution >= 4 is 56.7 Å². The molecule has 4 rings (SSSR count). The number of carbonyl (C=O) groups is 2. The quantitative estimate of drug-likeness (QED) is 0.310. The fourth-order valence-corrected chi connectivity index (χ4v) is 4.81. The second-order valence-electron chi connectivity index (χ2n) is 6.84. The van der Waals surface area contributed by atoms with Gasteiger partial charge in [-0.05, 0) is 49.1 Å². The summed E-state index contributed by atoms with van der Waals surface area (Å²) in [4.78, 5) is 37.0. The van der Waals surface area contributed by atoms with E-state index in [2.05, 4.69) is 15.5 Å². The Morgan fingerprint density at radius 3 is 2.66 bits per heavy atom. The number of thioether (sulfide) groups is 1. The molecule has 32 heavy (non-hydrogen) atoms. The lowest BCUT2D eigenvalue weighted by Gasteiger charge is -2.08. The van der Waals surface area contributed by atoms with Gasteiger partial charge in [0.05, 0.1) is 23.4 Å². The highest BCUT2D eigenvalue weighted by molar-refractivity contribution is 7.99. The number of hydrogen-bond donors (Lipinski definition) is 1. The van der Waals surface area contributed by atoms with Gasteiger partial charge < -0.3 is 10.1 Å². The Kier molecular flexibility index (Phi) is 6.56. The summed E-state index contributed by atoms with van der Waals surface area (Å²) >= 11 is 2.62. The van der Waals surface area contributed by atoms with Crippen molar-refractivity contribution in [2.24, 2.45) is 0 Å². The van der Waals surface area contributed by atoms with Gasteiger partial charge in [-0.1, -0.05) is 18.7 Å². The van der Waals surface area contributed by atoms with E-state index in [-0.39, 0.29) is 17.2 Å². The molecule has 0 aliphatic carbocycles. The van der Waals surface area contributed by atoms with E-state index in [0.29, 0.717) is 40.0 Å². The summed E-state index contributed by atoms with van der Waals surface area (Å²) in [7, 11) is 0. The van der Waals surface area contributed by atoms with E-state index in [0.717, 1.165) is 11.9 Å². The number of fused-ring (bicyclic) bond motifs is 3. The first-order valence-electron chi connectivity index (χ1n) is 10.1. The zero-order valence-electron chi connectivity index (χ0n) is 17.5. The molecule has 4 aromatic rings. The first-order valence-corrected chi connectivity index (χ1v) is 11.9. The number of carbonyl (C=O) groups excluding carboxylic acids is 2. The van der Waals surface area contributed by atoms with Crippen LogP contribution in [-0.4, -0.2) is 43.4 Å². The number of hydrogen-bond acceptors (Lipinski definition) is 8. The average molecular weight is 472 g/mol. The minimum Gasteiger partial charge on any atom is -0.462 e. The summed E-state index contributed by atoms with van der Waals surface area (Å²) in [6.45, 7) is 4.59. The van der Waals surface area contributed by atoms with Crippen LogP contribution < -0.4 is 10.9 Å². The minimum absolute atomic E-state index is 0.0719. The van der Waals surface area contributed by atoms with Crippen LogP contribution in [-0.2, 0) is 16.1 Å². The summed E-state index contributed by atoms with van der Waals surface area (Å²) in [5.41, 5.74) is 1.67. The maximum atomic E-state index is 12.8. The molecule has 0 aliphatic rings. The van der Waals surface area contributed by atoms with E-state index in [4.69, 9.17) is 4.74 Å². The number of anilines is 1. The number of aromatic nitrogens is 4. The first-order chi connectivity index (χ1) is 15.5. The molecule has 3 heterocycles. The van der Waals surface area contributed by atoms with Crippen LogP contribution in [0.5, 0.6) is 0 Å². The Morgan fingerprint density at radius 2 is 1.94 bits per heavy atom. The summed E-state index contributed by atoms with van der Waals surface area (Å²) in [6.07, 6.45) is 0.791. The predicted octanol–water partition coefficient (Wildman–Crippen LogP) is 3.42. The summed E-state index contributed by atoms with van der Waals surface area (Å²) in [5, 5.41) is 13.6. The Balaban J connectivity index is 1.50. The number of ether oxygens (including phenoxy) is 1. The molecule has 0 atom stereocenters. The molecule has 0 unspecified atom stereocenters. The van der Waals surface area contributed by atoms with Crippen molar-refractivity contribution < 1.29 is 14.3 Å². The van der Waals surface area contributed by atoms with E-state index >= 15 is 0 Å². The highest BCUT2D eigenvalue weighted by Gasteiger charge is 2.18. The molecule has 9 nitrogen and oxygen atoms in total. The zero-order chi connectivity index (χ0) is 22.7. The molecule has 0 saturated heterocycles.